The first-order valence-electron chi connectivity index (χ1n) is 4.44. The Hall–Kier alpha value is -0.700. The Balaban J connectivity index is 1.97. The molecule has 1 saturated heterocycles. The summed E-state index contributed by atoms with van der Waals surface area (Å²) in [6.07, 6.45) is 1.21. The van der Waals surface area contributed by atoms with Crippen LogP contribution in [0.25, 0.3) is 0 Å². The Bertz CT molecular complexity index is 267. The van der Waals surface area contributed by atoms with Gasteiger partial charge in [0.2, 0.25) is 0 Å². The van der Waals surface area contributed by atoms with Crippen LogP contribution < -0.4 is 5.32 Å². The van der Waals surface area contributed by atoms with E-state index >= 15 is 0 Å². The van der Waals surface area contributed by atoms with Crippen LogP contribution in [-0.2, 0) is 0 Å². The molecule has 0 radical (unpaired) electrons. The van der Waals surface area contributed by atoms with E-state index in [-0.39, 0.29) is 5.82 Å². The molecule has 1 heterocycles. The van der Waals surface area contributed by atoms with E-state index in [4.69, 9.17) is 0 Å². The molecular formula is C10H12FNS. The van der Waals surface area contributed by atoms with Gasteiger partial charge in [-0.15, -0.1) is 0 Å². The van der Waals surface area contributed by atoms with Crippen LogP contribution in [0.15, 0.2) is 24.3 Å². The fraction of sp³-hybridized carbons (Fsp3) is 0.400. The van der Waals surface area contributed by atoms with Gasteiger partial charge in [0.1, 0.15) is 5.82 Å². The predicted octanol–water partition coefficient (Wildman–Crippen LogP) is 2.74. The first-order chi connectivity index (χ1) is 6.34. The Labute approximate surface area is 81.7 Å². The molecule has 0 amide bonds. The van der Waals surface area contributed by atoms with Gasteiger partial charge in [-0.2, -0.15) is 11.8 Å². The molecule has 1 atom stereocenters. The summed E-state index contributed by atoms with van der Waals surface area (Å²) in [4.78, 5) is 0. The summed E-state index contributed by atoms with van der Waals surface area (Å²) in [6, 6.07) is 7.13. The SMILES string of the molecule is Fc1ccc(NC2CCSC2)cc1. The van der Waals surface area contributed by atoms with Crippen LogP contribution in [0.5, 0.6) is 0 Å². The second-order valence-corrected chi connectivity index (χ2v) is 4.36. The zero-order valence-corrected chi connectivity index (χ0v) is 8.11. The Morgan fingerprint density at radius 2 is 2.08 bits per heavy atom. The van der Waals surface area contributed by atoms with Gasteiger partial charge in [0, 0.05) is 17.5 Å². The average Bonchev–Trinajstić information content (AvgIpc) is 2.62. The molecular weight excluding hydrogens is 185 g/mol. The van der Waals surface area contributed by atoms with Gasteiger partial charge in [0.25, 0.3) is 0 Å². The van der Waals surface area contributed by atoms with Crippen LogP contribution in [0.1, 0.15) is 6.42 Å². The van der Waals surface area contributed by atoms with Crippen molar-refractivity contribution in [3.8, 4) is 0 Å². The third kappa shape index (κ3) is 2.37. The van der Waals surface area contributed by atoms with E-state index < -0.39 is 0 Å². The van der Waals surface area contributed by atoms with Gasteiger partial charge in [0.15, 0.2) is 0 Å². The molecule has 1 fully saturated rings. The van der Waals surface area contributed by atoms with Crippen LogP contribution >= 0.6 is 11.8 Å². The second-order valence-electron chi connectivity index (χ2n) is 3.21. The van der Waals surface area contributed by atoms with Crippen LogP contribution in [0.2, 0.25) is 0 Å². The van der Waals surface area contributed by atoms with Crippen molar-refractivity contribution in [1.82, 2.24) is 0 Å². The number of rotatable bonds is 2. The molecule has 1 aromatic carbocycles. The highest BCUT2D eigenvalue weighted by atomic mass is 32.2. The van der Waals surface area contributed by atoms with Gasteiger partial charge in [-0.25, -0.2) is 4.39 Å². The highest BCUT2D eigenvalue weighted by molar-refractivity contribution is 7.99. The fourth-order valence-electron chi connectivity index (χ4n) is 1.43. The van der Waals surface area contributed by atoms with Crippen molar-refractivity contribution in [2.45, 2.75) is 12.5 Å². The van der Waals surface area contributed by atoms with E-state index in [1.807, 2.05) is 11.8 Å². The molecule has 0 spiro atoms. The lowest BCUT2D eigenvalue weighted by molar-refractivity contribution is 0.628. The molecule has 1 nitrogen and oxygen atoms in total. The number of nitrogens with one attached hydrogen (secondary N) is 1. The van der Waals surface area contributed by atoms with Crippen LogP contribution in [0, 0.1) is 5.82 Å². The van der Waals surface area contributed by atoms with E-state index in [1.165, 1.54) is 24.3 Å². The number of thioether (sulfide) groups is 1. The maximum absolute atomic E-state index is 12.6. The van der Waals surface area contributed by atoms with Crippen molar-refractivity contribution in [1.29, 1.82) is 0 Å². The first-order valence-corrected chi connectivity index (χ1v) is 5.60. The van der Waals surface area contributed by atoms with Crippen LogP contribution in [0.4, 0.5) is 10.1 Å². The molecule has 0 bridgehead atoms. The Kier molecular flexibility index (Phi) is 2.74. The Morgan fingerprint density at radius 3 is 2.69 bits per heavy atom. The summed E-state index contributed by atoms with van der Waals surface area (Å²) in [5, 5.41) is 3.38. The first kappa shape index (κ1) is 8.88. The van der Waals surface area contributed by atoms with E-state index in [0.717, 1.165) is 11.4 Å². The number of anilines is 1. The van der Waals surface area contributed by atoms with Crippen molar-refractivity contribution in [2.75, 3.05) is 16.8 Å². The number of hydrogen-bond donors (Lipinski definition) is 1. The molecule has 1 aliphatic heterocycles. The molecule has 1 aromatic rings. The van der Waals surface area contributed by atoms with E-state index in [9.17, 15) is 4.39 Å². The lowest BCUT2D eigenvalue weighted by atomic mass is 10.2. The lowest BCUT2D eigenvalue weighted by Crippen LogP contribution is -2.17. The van der Waals surface area contributed by atoms with E-state index in [0.29, 0.717) is 6.04 Å². The molecule has 0 aromatic heterocycles. The number of halogens is 1. The van der Waals surface area contributed by atoms with Crippen molar-refractivity contribution in [3.63, 3.8) is 0 Å². The smallest absolute Gasteiger partial charge is 0.123 e. The van der Waals surface area contributed by atoms with Crippen LogP contribution in [-0.4, -0.2) is 17.5 Å². The third-order valence-electron chi connectivity index (χ3n) is 2.14. The van der Waals surface area contributed by atoms with Crippen molar-refractivity contribution in [3.05, 3.63) is 30.1 Å². The van der Waals surface area contributed by atoms with E-state index in [2.05, 4.69) is 5.32 Å². The van der Waals surface area contributed by atoms with Gasteiger partial charge in [0.05, 0.1) is 0 Å². The van der Waals surface area contributed by atoms with Crippen molar-refractivity contribution >= 4 is 17.4 Å². The van der Waals surface area contributed by atoms with Crippen LogP contribution in [0.3, 0.4) is 0 Å². The van der Waals surface area contributed by atoms with Crippen molar-refractivity contribution in [2.24, 2.45) is 0 Å². The standard InChI is InChI=1S/C10H12FNS/c11-8-1-3-9(4-2-8)12-10-5-6-13-7-10/h1-4,10,12H,5-7H2. The molecule has 0 saturated carbocycles. The summed E-state index contributed by atoms with van der Waals surface area (Å²) in [6.45, 7) is 0. The minimum Gasteiger partial charge on any atom is -0.381 e. The predicted molar refractivity (Wildman–Crippen MR) is 55.8 cm³/mol. The van der Waals surface area contributed by atoms with Gasteiger partial charge in [-0.1, -0.05) is 0 Å². The zero-order chi connectivity index (χ0) is 9.10. The largest absolute Gasteiger partial charge is 0.381 e. The number of benzene rings is 1. The zero-order valence-electron chi connectivity index (χ0n) is 7.29. The summed E-state index contributed by atoms with van der Waals surface area (Å²) in [7, 11) is 0. The Morgan fingerprint density at radius 1 is 1.31 bits per heavy atom. The maximum Gasteiger partial charge on any atom is 0.123 e. The molecule has 13 heavy (non-hydrogen) atoms. The van der Waals surface area contributed by atoms with Gasteiger partial charge >= 0.3 is 0 Å². The monoisotopic (exact) mass is 197 g/mol. The fourth-order valence-corrected chi connectivity index (χ4v) is 2.58. The number of hydrogen-bond acceptors (Lipinski definition) is 2. The molecule has 1 aliphatic rings. The lowest BCUT2D eigenvalue weighted by Gasteiger charge is -2.12. The average molecular weight is 197 g/mol. The van der Waals surface area contributed by atoms with E-state index in [1.54, 1.807) is 12.1 Å². The molecule has 3 heteroatoms. The second kappa shape index (κ2) is 4.01. The molecule has 0 aliphatic carbocycles. The summed E-state index contributed by atoms with van der Waals surface area (Å²) >= 11 is 1.97. The molecule has 1 N–H and O–H groups in total. The summed E-state index contributed by atoms with van der Waals surface area (Å²) < 4.78 is 12.6. The van der Waals surface area contributed by atoms with Gasteiger partial charge < -0.3 is 5.32 Å². The normalized spacial score (nSPS) is 21.8. The highest BCUT2D eigenvalue weighted by Crippen LogP contribution is 2.21. The van der Waals surface area contributed by atoms with Gasteiger partial charge in [-0.05, 0) is 36.4 Å². The maximum atomic E-state index is 12.6. The quantitative estimate of drug-likeness (QED) is 0.782. The minimum atomic E-state index is -0.175. The molecule has 70 valence electrons. The topological polar surface area (TPSA) is 12.0 Å². The third-order valence-corrected chi connectivity index (χ3v) is 3.31. The van der Waals surface area contributed by atoms with Crippen molar-refractivity contribution < 1.29 is 4.39 Å². The molecule has 1 unspecified atom stereocenters. The molecule has 2 rings (SSSR count). The minimum absolute atomic E-state index is 0.175. The summed E-state index contributed by atoms with van der Waals surface area (Å²) in [5.74, 6) is 2.22. The summed E-state index contributed by atoms with van der Waals surface area (Å²) in [5.41, 5.74) is 1.02. The highest BCUT2D eigenvalue weighted by Gasteiger charge is 2.14. The van der Waals surface area contributed by atoms with Gasteiger partial charge in [-0.3, -0.25) is 0 Å².